The van der Waals surface area contributed by atoms with Gasteiger partial charge in [-0.2, -0.15) is 0 Å². The number of ether oxygens (including phenoxy) is 5. The zero-order valence-corrected chi connectivity index (χ0v) is 38.4. The van der Waals surface area contributed by atoms with Gasteiger partial charge in [-0.05, 0) is 87.1 Å². The monoisotopic (exact) mass is 919 g/mol. The minimum atomic E-state index is -1.58. The lowest BCUT2D eigenvalue weighted by molar-refractivity contribution is -0.125. The number of aliphatic hydroxyl groups is 1. The number of nitrogens with two attached hydrogens (primary N) is 1. The lowest BCUT2D eigenvalue weighted by Gasteiger charge is -2.35. The third-order valence-corrected chi connectivity index (χ3v) is 11.2. The number of methoxy groups -OCH3 is 2. The number of amides is 5. The first-order valence-corrected chi connectivity index (χ1v) is 21.8. The van der Waals surface area contributed by atoms with Crippen molar-refractivity contribution < 1.29 is 52.8 Å². The number of nitrogens with one attached hydrogen (secondary N) is 2. The number of nitrogens with zero attached hydrogens (tertiary/aromatic N) is 4. The Morgan fingerprint density at radius 2 is 1.60 bits per heavy atom. The molecule has 3 aromatic carbocycles. The number of allylic oxidation sites excluding steroid dienone is 4. The number of anilines is 2. The highest BCUT2D eigenvalue weighted by atomic mass is 16.6. The molecule has 5 N–H and O–H groups in total. The van der Waals surface area contributed by atoms with Crippen LogP contribution in [0.5, 0.6) is 23.0 Å². The summed E-state index contributed by atoms with van der Waals surface area (Å²) in [5, 5.41) is 17.2. The number of carbonyl (C=O) groups excluding carboxylic acids is 5. The molecule has 18 nitrogen and oxygen atoms in total. The lowest BCUT2D eigenvalue weighted by atomic mass is 10.1. The summed E-state index contributed by atoms with van der Waals surface area (Å²) in [4.78, 5) is 72.9. The molecule has 3 aliphatic rings. The van der Waals surface area contributed by atoms with Crippen LogP contribution in [0.25, 0.3) is 0 Å². The molecule has 67 heavy (non-hydrogen) atoms. The van der Waals surface area contributed by atoms with Gasteiger partial charge in [0.2, 0.25) is 18.2 Å². The average Bonchev–Trinajstić information content (AvgIpc) is 3.91. The van der Waals surface area contributed by atoms with Crippen molar-refractivity contribution in [1.82, 2.24) is 15.1 Å². The summed E-state index contributed by atoms with van der Waals surface area (Å²) >= 11 is 0. The largest absolute Gasteiger partial charge is 0.493 e. The number of fused-ring (bicyclic) bond motifs is 2. The van der Waals surface area contributed by atoms with Crippen molar-refractivity contribution in [2.75, 3.05) is 44.2 Å². The number of aryl methyl sites for hydroxylation is 1. The highest BCUT2D eigenvalue weighted by molar-refractivity contribution is 6.04. The van der Waals surface area contributed by atoms with Gasteiger partial charge in [0.15, 0.2) is 29.2 Å². The van der Waals surface area contributed by atoms with E-state index in [9.17, 15) is 29.1 Å². The Labute approximate surface area is 389 Å². The third kappa shape index (κ3) is 11.7. The molecule has 6 rings (SSSR count). The maximum atomic E-state index is 14.2. The topological polar surface area (TPSA) is 224 Å². The molecule has 0 fully saturated rings. The number of rotatable bonds is 20. The SMILES string of the molecule is C/C=C/C1=CN(C=O)C(C(O)N(C(=O)OCc2ccc(NC(=O)C(C)NC(=O)CN)cc2)c2cc(OCCCOc3cc4c(cc3OC)C(=O)N3C=C(/C=C/C)CC3C=N4)c(OC)cc2C)C1. The Balaban J connectivity index is 1.16. The van der Waals surface area contributed by atoms with E-state index in [1.54, 1.807) is 72.8 Å². The molecule has 5 amide bonds. The average molecular weight is 920 g/mol. The van der Waals surface area contributed by atoms with Gasteiger partial charge in [-0.3, -0.25) is 24.2 Å². The van der Waals surface area contributed by atoms with Crippen LogP contribution in [0.15, 0.2) is 101 Å². The first kappa shape index (κ1) is 49.0. The summed E-state index contributed by atoms with van der Waals surface area (Å²) in [6.07, 6.45) is 12.2. The molecule has 18 heteroatoms. The van der Waals surface area contributed by atoms with Crippen molar-refractivity contribution >= 4 is 53.5 Å². The highest BCUT2D eigenvalue weighted by Crippen LogP contribution is 2.40. The van der Waals surface area contributed by atoms with Crippen LogP contribution < -0.4 is 40.2 Å². The summed E-state index contributed by atoms with van der Waals surface area (Å²) < 4.78 is 29.4. The van der Waals surface area contributed by atoms with Crippen LogP contribution in [-0.2, 0) is 25.7 Å². The molecule has 354 valence electrons. The summed E-state index contributed by atoms with van der Waals surface area (Å²) in [5.41, 5.74) is 9.79. The van der Waals surface area contributed by atoms with Crippen molar-refractivity contribution in [3.05, 3.63) is 113 Å². The van der Waals surface area contributed by atoms with E-state index in [0.717, 1.165) is 16.0 Å². The molecule has 0 saturated carbocycles. The van der Waals surface area contributed by atoms with Gasteiger partial charge < -0.3 is 55.0 Å². The normalized spacial score (nSPS) is 17.2. The molecule has 0 spiro atoms. The fourth-order valence-corrected chi connectivity index (χ4v) is 7.75. The zero-order chi connectivity index (χ0) is 48.2. The van der Waals surface area contributed by atoms with Gasteiger partial charge >= 0.3 is 6.09 Å². The third-order valence-electron chi connectivity index (χ3n) is 11.2. The lowest BCUT2D eigenvalue weighted by Crippen LogP contribution is -2.51. The van der Waals surface area contributed by atoms with Crippen LogP contribution in [0.3, 0.4) is 0 Å². The molecule has 3 aromatic rings. The van der Waals surface area contributed by atoms with Crippen molar-refractivity contribution in [3.63, 3.8) is 0 Å². The van der Waals surface area contributed by atoms with Crippen molar-refractivity contribution in [2.45, 2.75) is 77.9 Å². The second-order valence-corrected chi connectivity index (χ2v) is 15.9. The smallest absolute Gasteiger partial charge is 0.416 e. The Kier molecular flexibility index (Phi) is 16.6. The van der Waals surface area contributed by atoms with E-state index >= 15 is 0 Å². The minimum absolute atomic E-state index is 0.142. The van der Waals surface area contributed by atoms with E-state index in [4.69, 9.17) is 29.4 Å². The fraction of sp³-hybridized carbons (Fsp3) is 0.347. The number of hydrogen-bond acceptors (Lipinski definition) is 13. The Hall–Kier alpha value is -7.44. The van der Waals surface area contributed by atoms with Gasteiger partial charge in [0.25, 0.3) is 5.91 Å². The molecule has 3 heterocycles. The van der Waals surface area contributed by atoms with Crippen LogP contribution in [0.4, 0.5) is 21.9 Å². The molecule has 0 bridgehead atoms. The van der Waals surface area contributed by atoms with Gasteiger partial charge in [-0.1, -0.05) is 36.4 Å². The summed E-state index contributed by atoms with van der Waals surface area (Å²) in [7, 11) is 2.98. The predicted octanol–water partition coefficient (Wildman–Crippen LogP) is 5.80. The minimum Gasteiger partial charge on any atom is -0.493 e. The maximum absolute atomic E-state index is 14.2. The van der Waals surface area contributed by atoms with E-state index in [-0.39, 0.29) is 56.2 Å². The van der Waals surface area contributed by atoms with Crippen LogP contribution in [0.2, 0.25) is 0 Å². The summed E-state index contributed by atoms with van der Waals surface area (Å²) in [6, 6.07) is 11.2. The molecule has 3 aliphatic heterocycles. The quantitative estimate of drug-likeness (QED) is 0.0600. The van der Waals surface area contributed by atoms with Crippen molar-refractivity contribution in [2.24, 2.45) is 10.7 Å². The molecular weight excluding hydrogens is 863 g/mol. The van der Waals surface area contributed by atoms with Gasteiger partial charge in [0, 0.05) is 42.9 Å². The maximum Gasteiger partial charge on any atom is 0.416 e. The summed E-state index contributed by atoms with van der Waals surface area (Å²) in [6.45, 7) is 6.91. The molecular formula is C49H57N7O11. The molecule has 0 aromatic heterocycles. The molecule has 0 aliphatic carbocycles. The number of carbonyl (C=O) groups is 5. The highest BCUT2D eigenvalue weighted by Gasteiger charge is 2.39. The predicted molar refractivity (Wildman–Crippen MR) is 252 cm³/mol. The van der Waals surface area contributed by atoms with E-state index in [2.05, 4.69) is 15.6 Å². The molecule has 4 unspecified atom stereocenters. The van der Waals surface area contributed by atoms with E-state index < -0.39 is 36.2 Å². The Morgan fingerprint density at radius 1 is 0.940 bits per heavy atom. The Morgan fingerprint density at radius 3 is 2.24 bits per heavy atom. The molecule has 0 radical (unpaired) electrons. The standard InChI is InChI=1S/C49H57N7O11/c1-7-10-33-19-36-25-51-38-22-43(42(64-6)21-37(38)47(60)55(36)27-33)65-16-9-17-66-44-23-39(30(3)18-41(44)63-5)56(48(61)40-20-34(11-8-2)26-54(40)29-57)49(62)67-28-32-12-14-35(15-13-32)53-46(59)31(4)52-45(58)24-50/h7-8,10-15,18,21-23,25-27,29,31,36,40,48,61H,9,16-17,19-20,24,28,50H2,1-6H3,(H,52,58)(H,53,59)/b10-7+,11-8+. The van der Waals surface area contributed by atoms with Gasteiger partial charge in [0.05, 0.1) is 63.0 Å². The second kappa shape index (κ2) is 22.6. The Bertz CT molecular complexity index is 2480. The van der Waals surface area contributed by atoms with E-state index in [1.807, 2.05) is 44.4 Å². The molecule has 4 atom stereocenters. The van der Waals surface area contributed by atoms with Gasteiger partial charge in [-0.25, -0.2) is 9.69 Å². The van der Waals surface area contributed by atoms with Crippen LogP contribution in [0.1, 0.15) is 61.5 Å². The van der Waals surface area contributed by atoms with Gasteiger partial charge in [0.1, 0.15) is 12.6 Å². The van der Waals surface area contributed by atoms with Crippen LogP contribution in [0, 0.1) is 6.92 Å². The molecule has 0 saturated heterocycles. The first-order chi connectivity index (χ1) is 32.3. The summed E-state index contributed by atoms with van der Waals surface area (Å²) in [5.74, 6) is 0.306. The van der Waals surface area contributed by atoms with E-state index in [0.29, 0.717) is 64.6 Å². The number of benzene rings is 3. The van der Waals surface area contributed by atoms with Crippen LogP contribution >= 0.6 is 0 Å². The van der Waals surface area contributed by atoms with Crippen molar-refractivity contribution in [3.8, 4) is 23.0 Å². The van der Waals surface area contributed by atoms with E-state index in [1.165, 1.54) is 26.0 Å². The fourth-order valence-electron chi connectivity index (χ4n) is 7.75. The van der Waals surface area contributed by atoms with Gasteiger partial charge in [-0.15, -0.1) is 0 Å². The number of hydrogen-bond donors (Lipinski definition) is 4. The number of aliphatic hydroxyl groups excluding tert-OH is 1. The van der Waals surface area contributed by atoms with Crippen LogP contribution in [-0.4, -0.2) is 110 Å². The first-order valence-electron chi connectivity index (χ1n) is 21.8. The van der Waals surface area contributed by atoms with Crippen molar-refractivity contribution in [1.29, 1.82) is 0 Å². The second-order valence-electron chi connectivity index (χ2n) is 15.9. The number of aliphatic imine (C=N–C) groups is 1. The zero-order valence-electron chi connectivity index (χ0n) is 38.4.